The number of hydrogen-bond acceptors (Lipinski definition) is 1. The van der Waals surface area contributed by atoms with Gasteiger partial charge in [0.15, 0.2) is 0 Å². The molecule has 3 aromatic carbocycles. The Labute approximate surface area is 155 Å². The van der Waals surface area contributed by atoms with Crippen LogP contribution < -0.4 is 0 Å². The standard InChI is InChI=1S/C24H25NO/c1-3-9-23(24(26)25(2)18-19-10-5-4-6-11-19)17-20-14-15-21-12-7-8-13-22(21)16-20/h3-8,10-16,23H,1,9,17-18H2,2H3. The highest BCUT2D eigenvalue weighted by Gasteiger charge is 2.21. The maximum absolute atomic E-state index is 13.0. The van der Waals surface area contributed by atoms with Gasteiger partial charge in [0.1, 0.15) is 0 Å². The summed E-state index contributed by atoms with van der Waals surface area (Å²) in [4.78, 5) is 14.8. The van der Waals surface area contributed by atoms with Crippen molar-refractivity contribution in [3.63, 3.8) is 0 Å². The van der Waals surface area contributed by atoms with Crippen molar-refractivity contribution in [1.29, 1.82) is 0 Å². The maximum Gasteiger partial charge on any atom is 0.226 e. The fourth-order valence-corrected chi connectivity index (χ4v) is 3.37. The molecule has 3 aromatic rings. The molecule has 0 aliphatic heterocycles. The largest absolute Gasteiger partial charge is 0.341 e. The predicted octanol–water partition coefficient (Wildman–Crippen LogP) is 5.23. The Morgan fingerprint density at radius 2 is 1.65 bits per heavy atom. The van der Waals surface area contributed by atoms with Crippen LogP contribution in [0.3, 0.4) is 0 Å². The zero-order valence-corrected chi connectivity index (χ0v) is 15.3. The normalized spacial score (nSPS) is 11.9. The summed E-state index contributed by atoms with van der Waals surface area (Å²) in [6.07, 6.45) is 3.26. The van der Waals surface area contributed by atoms with Crippen molar-refractivity contribution in [2.24, 2.45) is 5.92 Å². The van der Waals surface area contributed by atoms with Crippen LogP contribution in [-0.4, -0.2) is 17.9 Å². The van der Waals surface area contributed by atoms with Gasteiger partial charge in [-0.1, -0.05) is 78.9 Å². The number of fused-ring (bicyclic) bond motifs is 1. The van der Waals surface area contributed by atoms with Gasteiger partial charge >= 0.3 is 0 Å². The Kier molecular flexibility index (Phi) is 5.85. The van der Waals surface area contributed by atoms with Gasteiger partial charge in [0.2, 0.25) is 5.91 Å². The first kappa shape index (κ1) is 17.9. The third-order valence-electron chi connectivity index (χ3n) is 4.74. The van der Waals surface area contributed by atoms with Gasteiger partial charge in [-0.05, 0) is 34.7 Å². The lowest BCUT2D eigenvalue weighted by molar-refractivity contribution is -0.134. The third kappa shape index (κ3) is 4.40. The quantitative estimate of drug-likeness (QED) is 0.538. The molecular formula is C24H25NO. The van der Waals surface area contributed by atoms with Gasteiger partial charge in [0, 0.05) is 19.5 Å². The van der Waals surface area contributed by atoms with Crippen molar-refractivity contribution >= 4 is 16.7 Å². The van der Waals surface area contributed by atoms with Crippen molar-refractivity contribution < 1.29 is 4.79 Å². The molecule has 2 heteroatoms. The molecule has 132 valence electrons. The summed E-state index contributed by atoms with van der Waals surface area (Å²) in [6, 6.07) is 24.9. The van der Waals surface area contributed by atoms with E-state index < -0.39 is 0 Å². The van der Waals surface area contributed by atoms with E-state index in [0.717, 1.165) is 12.0 Å². The maximum atomic E-state index is 13.0. The predicted molar refractivity (Wildman–Crippen MR) is 109 cm³/mol. The Balaban J connectivity index is 1.74. The molecule has 1 unspecified atom stereocenters. The molecule has 0 saturated heterocycles. The highest BCUT2D eigenvalue weighted by atomic mass is 16.2. The topological polar surface area (TPSA) is 20.3 Å². The second-order valence-electron chi connectivity index (χ2n) is 6.79. The first-order chi connectivity index (χ1) is 12.7. The highest BCUT2D eigenvalue weighted by Crippen LogP contribution is 2.21. The highest BCUT2D eigenvalue weighted by molar-refractivity contribution is 5.83. The average molecular weight is 343 g/mol. The number of rotatable bonds is 7. The van der Waals surface area contributed by atoms with E-state index in [1.165, 1.54) is 16.3 Å². The van der Waals surface area contributed by atoms with Crippen molar-refractivity contribution in [3.05, 3.63) is 96.6 Å². The molecule has 1 atom stereocenters. The molecule has 0 aliphatic rings. The van der Waals surface area contributed by atoms with Gasteiger partial charge in [-0.15, -0.1) is 6.58 Å². The van der Waals surface area contributed by atoms with Crippen molar-refractivity contribution in [2.75, 3.05) is 7.05 Å². The summed E-state index contributed by atoms with van der Waals surface area (Å²) in [5.74, 6) is 0.0873. The fourth-order valence-electron chi connectivity index (χ4n) is 3.37. The van der Waals surface area contributed by atoms with E-state index in [4.69, 9.17) is 0 Å². The van der Waals surface area contributed by atoms with Crippen LogP contribution in [0.15, 0.2) is 85.5 Å². The molecule has 26 heavy (non-hydrogen) atoms. The summed E-state index contributed by atoms with van der Waals surface area (Å²) in [5.41, 5.74) is 2.34. The minimum absolute atomic E-state index is 0.0811. The molecule has 3 rings (SSSR count). The first-order valence-corrected chi connectivity index (χ1v) is 9.05. The van der Waals surface area contributed by atoms with Gasteiger partial charge < -0.3 is 4.90 Å². The monoisotopic (exact) mass is 343 g/mol. The van der Waals surface area contributed by atoms with Crippen LogP contribution in [0.5, 0.6) is 0 Å². The molecule has 0 saturated carbocycles. The molecule has 2 nitrogen and oxygen atoms in total. The summed E-state index contributed by atoms with van der Waals surface area (Å²) in [7, 11) is 1.88. The van der Waals surface area contributed by atoms with Gasteiger partial charge in [0.05, 0.1) is 0 Å². The zero-order valence-electron chi connectivity index (χ0n) is 15.3. The smallest absolute Gasteiger partial charge is 0.226 e. The van der Waals surface area contributed by atoms with Crippen molar-refractivity contribution in [3.8, 4) is 0 Å². The van der Waals surface area contributed by atoms with Gasteiger partial charge in [-0.2, -0.15) is 0 Å². The van der Waals surface area contributed by atoms with Crippen LogP contribution in [0.4, 0.5) is 0 Å². The Morgan fingerprint density at radius 1 is 0.962 bits per heavy atom. The lowest BCUT2D eigenvalue weighted by atomic mass is 9.93. The molecule has 0 aliphatic carbocycles. The summed E-state index contributed by atoms with van der Waals surface area (Å²) < 4.78 is 0. The molecule has 1 amide bonds. The van der Waals surface area contributed by atoms with E-state index in [9.17, 15) is 4.79 Å². The van der Waals surface area contributed by atoms with Crippen LogP contribution in [0.1, 0.15) is 17.5 Å². The van der Waals surface area contributed by atoms with E-state index in [1.807, 2.05) is 48.4 Å². The van der Waals surface area contributed by atoms with E-state index in [0.29, 0.717) is 13.0 Å². The minimum Gasteiger partial charge on any atom is -0.341 e. The van der Waals surface area contributed by atoms with E-state index >= 15 is 0 Å². The molecule has 0 bridgehead atoms. The van der Waals surface area contributed by atoms with Crippen molar-refractivity contribution in [1.82, 2.24) is 4.90 Å². The van der Waals surface area contributed by atoms with Crippen LogP contribution in [0.2, 0.25) is 0 Å². The van der Waals surface area contributed by atoms with E-state index in [1.54, 1.807) is 0 Å². The van der Waals surface area contributed by atoms with E-state index in [2.05, 4.69) is 49.0 Å². The molecule has 0 N–H and O–H groups in total. The minimum atomic E-state index is -0.0811. The second kappa shape index (κ2) is 8.48. The number of benzene rings is 3. The molecule has 0 heterocycles. The molecule has 0 radical (unpaired) electrons. The average Bonchev–Trinajstić information content (AvgIpc) is 2.67. The number of amides is 1. The van der Waals surface area contributed by atoms with Crippen LogP contribution in [0, 0.1) is 5.92 Å². The van der Waals surface area contributed by atoms with Crippen molar-refractivity contribution in [2.45, 2.75) is 19.4 Å². The molecule has 0 aromatic heterocycles. The fraction of sp³-hybridized carbons (Fsp3) is 0.208. The van der Waals surface area contributed by atoms with Gasteiger partial charge in [-0.3, -0.25) is 4.79 Å². The lowest BCUT2D eigenvalue weighted by Gasteiger charge is -2.23. The number of nitrogens with zero attached hydrogens (tertiary/aromatic N) is 1. The van der Waals surface area contributed by atoms with Crippen LogP contribution in [0.25, 0.3) is 10.8 Å². The Morgan fingerprint density at radius 3 is 2.38 bits per heavy atom. The number of carbonyl (C=O) groups excluding carboxylic acids is 1. The first-order valence-electron chi connectivity index (χ1n) is 9.05. The third-order valence-corrected chi connectivity index (χ3v) is 4.74. The molecule has 0 fully saturated rings. The Bertz CT molecular complexity index is 885. The number of hydrogen-bond donors (Lipinski definition) is 0. The van der Waals surface area contributed by atoms with E-state index in [-0.39, 0.29) is 11.8 Å². The second-order valence-corrected chi connectivity index (χ2v) is 6.79. The van der Waals surface area contributed by atoms with Crippen LogP contribution >= 0.6 is 0 Å². The molecular weight excluding hydrogens is 318 g/mol. The van der Waals surface area contributed by atoms with Gasteiger partial charge in [-0.25, -0.2) is 0 Å². The molecule has 0 spiro atoms. The summed E-state index contributed by atoms with van der Waals surface area (Å²) >= 11 is 0. The van der Waals surface area contributed by atoms with Crippen LogP contribution in [-0.2, 0) is 17.8 Å². The number of carbonyl (C=O) groups is 1. The zero-order chi connectivity index (χ0) is 18.4. The lowest BCUT2D eigenvalue weighted by Crippen LogP contribution is -2.33. The summed E-state index contributed by atoms with van der Waals surface area (Å²) in [5, 5.41) is 2.44. The SMILES string of the molecule is C=CCC(Cc1ccc2ccccc2c1)C(=O)N(C)Cc1ccccc1. The number of allylic oxidation sites excluding steroid dienone is 1. The Hall–Kier alpha value is -2.87. The summed E-state index contributed by atoms with van der Waals surface area (Å²) in [6.45, 7) is 4.48. The van der Waals surface area contributed by atoms with Gasteiger partial charge in [0.25, 0.3) is 0 Å².